The maximum atomic E-state index is 5.75. The zero-order chi connectivity index (χ0) is 13.1. The average Bonchev–Trinajstić information content (AvgIpc) is 2.27. The van der Waals surface area contributed by atoms with E-state index in [-0.39, 0.29) is 0 Å². The first kappa shape index (κ1) is 13.8. The lowest BCUT2D eigenvalue weighted by atomic mass is 10.1. The predicted molar refractivity (Wildman–Crippen MR) is 76.0 cm³/mol. The van der Waals surface area contributed by atoms with Crippen LogP contribution in [0.2, 0.25) is 0 Å². The van der Waals surface area contributed by atoms with Gasteiger partial charge < -0.3 is 9.47 Å². The maximum Gasteiger partial charge on any atom is 0.123 e. The van der Waals surface area contributed by atoms with Crippen molar-refractivity contribution in [3.8, 4) is 5.75 Å². The molecule has 1 aliphatic heterocycles. The molecule has 0 spiro atoms. The van der Waals surface area contributed by atoms with E-state index < -0.39 is 0 Å². The number of hydrogen-bond donors (Lipinski definition) is 0. The van der Waals surface area contributed by atoms with Gasteiger partial charge in [0.15, 0.2) is 0 Å². The van der Waals surface area contributed by atoms with E-state index in [1.807, 2.05) is 12.1 Å². The molecule has 0 bridgehead atoms. The number of morpholine rings is 1. The predicted octanol–water partition coefficient (Wildman–Crippen LogP) is 3.07. The number of nitrogens with zero attached hydrogens (tertiary/aromatic N) is 1. The van der Waals surface area contributed by atoms with E-state index in [9.17, 15) is 0 Å². The van der Waals surface area contributed by atoms with Gasteiger partial charge in [0, 0.05) is 29.7 Å². The van der Waals surface area contributed by atoms with Crippen molar-refractivity contribution in [2.45, 2.75) is 32.6 Å². The molecule has 1 aromatic rings. The van der Waals surface area contributed by atoms with Gasteiger partial charge in [-0.3, -0.25) is 4.90 Å². The van der Waals surface area contributed by atoms with Crippen LogP contribution in [0.15, 0.2) is 22.7 Å². The highest BCUT2D eigenvalue weighted by atomic mass is 79.9. The smallest absolute Gasteiger partial charge is 0.123 e. The summed E-state index contributed by atoms with van der Waals surface area (Å²) in [4.78, 5) is 2.42. The van der Waals surface area contributed by atoms with Crippen LogP contribution < -0.4 is 4.74 Å². The molecule has 0 N–H and O–H groups in total. The second kappa shape index (κ2) is 6.04. The molecule has 2 atom stereocenters. The highest BCUT2D eigenvalue weighted by molar-refractivity contribution is 9.10. The molecule has 2 rings (SSSR count). The van der Waals surface area contributed by atoms with Crippen LogP contribution in [0.1, 0.15) is 19.4 Å². The van der Waals surface area contributed by atoms with Gasteiger partial charge in [-0.25, -0.2) is 0 Å². The summed E-state index contributed by atoms with van der Waals surface area (Å²) in [5.74, 6) is 0.949. The normalized spacial score (nSPS) is 25.1. The van der Waals surface area contributed by atoms with Gasteiger partial charge in [0.25, 0.3) is 0 Å². The van der Waals surface area contributed by atoms with Crippen LogP contribution in [0.25, 0.3) is 0 Å². The lowest BCUT2D eigenvalue weighted by Gasteiger charge is -2.35. The Morgan fingerprint density at radius 2 is 2.00 bits per heavy atom. The van der Waals surface area contributed by atoms with Crippen molar-refractivity contribution in [1.29, 1.82) is 0 Å². The zero-order valence-corrected chi connectivity index (χ0v) is 12.7. The first-order valence-electron chi connectivity index (χ1n) is 6.28. The number of rotatable bonds is 3. The summed E-state index contributed by atoms with van der Waals surface area (Å²) in [5.41, 5.74) is 1.22. The van der Waals surface area contributed by atoms with Gasteiger partial charge >= 0.3 is 0 Å². The third kappa shape index (κ3) is 3.46. The van der Waals surface area contributed by atoms with Crippen molar-refractivity contribution in [1.82, 2.24) is 4.90 Å². The second-order valence-electron chi connectivity index (χ2n) is 4.91. The molecule has 4 heteroatoms. The summed E-state index contributed by atoms with van der Waals surface area (Å²) >= 11 is 3.52. The van der Waals surface area contributed by atoms with E-state index in [0.29, 0.717) is 12.2 Å². The minimum absolute atomic E-state index is 0.298. The Kier molecular flexibility index (Phi) is 4.65. The van der Waals surface area contributed by atoms with E-state index in [1.165, 1.54) is 5.56 Å². The Morgan fingerprint density at radius 1 is 1.33 bits per heavy atom. The van der Waals surface area contributed by atoms with Gasteiger partial charge in [-0.2, -0.15) is 0 Å². The maximum absolute atomic E-state index is 5.75. The average molecular weight is 314 g/mol. The quantitative estimate of drug-likeness (QED) is 0.856. The van der Waals surface area contributed by atoms with Crippen LogP contribution in [-0.4, -0.2) is 37.3 Å². The summed E-state index contributed by atoms with van der Waals surface area (Å²) in [5, 5.41) is 0. The van der Waals surface area contributed by atoms with Crippen LogP contribution in [-0.2, 0) is 11.3 Å². The largest absolute Gasteiger partial charge is 0.496 e. The van der Waals surface area contributed by atoms with Gasteiger partial charge in [0.2, 0.25) is 0 Å². The summed E-state index contributed by atoms with van der Waals surface area (Å²) < 4.78 is 12.3. The first-order chi connectivity index (χ1) is 8.58. The van der Waals surface area contributed by atoms with Gasteiger partial charge in [0.1, 0.15) is 5.75 Å². The van der Waals surface area contributed by atoms with Crippen LogP contribution in [0.3, 0.4) is 0 Å². The first-order valence-corrected chi connectivity index (χ1v) is 7.08. The molecule has 1 aliphatic rings. The van der Waals surface area contributed by atoms with Crippen LogP contribution in [0.5, 0.6) is 5.75 Å². The molecule has 0 aliphatic carbocycles. The molecular formula is C14H20BrNO2. The minimum atomic E-state index is 0.298. The summed E-state index contributed by atoms with van der Waals surface area (Å²) in [6.45, 7) is 7.10. The van der Waals surface area contributed by atoms with E-state index in [2.05, 4.69) is 40.7 Å². The van der Waals surface area contributed by atoms with Crippen molar-refractivity contribution in [3.05, 3.63) is 28.2 Å². The molecule has 1 fully saturated rings. The Hall–Kier alpha value is -0.580. The lowest BCUT2D eigenvalue weighted by Crippen LogP contribution is -2.44. The van der Waals surface area contributed by atoms with Crippen molar-refractivity contribution < 1.29 is 9.47 Å². The monoisotopic (exact) mass is 313 g/mol. The van der Waals surface area contributed by atoms with Gasteiger partial charge in [-0.15, -0.1) is 0 Å². The number of hydrogen-bond acceptors (Lipinski definition) is 3. The van der Waals surface area contributed by atoms with Crippen LogP contribution in [0.4, 0.5) is 0 Å². The Morgan fingerprint density at radius 3 is 2.61 bits per heavy atom. The van der Waals surface area contributed by atoms with E-state index >= 15 is 0 Å². The second-order valence-corrected chi connectivity index (χ2v) is 5.82. The number of benzene rings is 1. The van der Waals surface area contributed by atoms with E-state index in [0.717, 1.165) is 29.9 Å². The Balaban J connectivity index is 2.10. The summed E-state index contributed by atoms with van der Waals surface area (Å²) in [6.07, 6.45) is 0.596. The molecule has 1 saturated heterocycles. The van der Waals surface area contributed by atoms with Gasteiger partial charge in [0.05, 0.1) is 19.3 Å². The minimum Gasteiger partial charge on any atom is -0.496 e. The lowest BCUT2D eigenvalue weighted by molar-refractivity contribution is -0.0706. The fraction of sp³-hybridized carbons (Fsp3) is 0.571. The topological polar surface area (TPSA) is 21.7 Å². The Bertz CT molecular complexity index is 401. The van der Waals surface area contributed by atoms with Gasteiger partial charge in [-0.05, 0) is 32.0 Å². The molecule has 0 radical (unpaired) electrons. The third-order valence-corrected chi connectivity index (χ3v) is 3.62. The molecular weight excluding hydrogens is 294 g/mol. The zero-order valence-electron chi connectivity index (χ0n) is 11.1. The van der Waals surface area contributed by atoms with Crippen molar-refractivity contribution in [2.75, 3.05) is 20.2 Å². The van der Waals surface area contributed by atoms with Crippen molar-refractivity contribution >= 4 is 15.9 Å². The molecule has 0 saturated carbocycles. The van der Waals surface area contributed by atoms with Gasteiger partial charge in [-0.1, -0.05) is 15.9 Å². The molecule has 1 aromatic carbocycles. The Labute approximate surface area is 117 Å². The molecule has 0 aromatic heterocycles. The fourth-order valence-corrected chi connectivity index (χ4v) is 2.93. The summed E-state index contributed by atoms with van der Waals surface area (Å²) in [6, 6.07) is 6.14. The molecule has 3 nitrogen and oxygen atoms in total. The highest BCUT2D eigenvalue weighted by Gasteiger charge is 2.22. The fourth-order valence-electron chi connectivity index (χ4n) is 2.53. The van der Waals surface area contributed by atoms with Crippen molar-refractivity contribution in [2.24, 2.45) is 0 Å². The SMILES string of the molecule is COc1ccc(Br)cc1CN1C[C@@H](C)O[C@@H](C)C1. The molecule has 0 unspecified atom stereocenters. The molecule has 1 heterocycles. The highest BCUT2D eigenvalue weighted by Crippen LogP contribution is 2.25. The standard InChI is InChI=1S/C14H20BrNO2/c1-10-7-16(8-11(2)18-10)9-12-6-13(15)4-5-14(12)17-3/h4-6,10-11H,7-9H2,1-3H3/t10-,11+. The van der Waals surface area contributed by atoms with Crippen LogP contribution >= 0.6 is 15.9 Å². The molecule has 100 valence electrons. The molecule has 0 amide bonds. The van der Waals surface area contributed by atoms with Crippen LogP contribution in [0, 0.1) is 0 Å². The number of methoxy groups -OCH3 is 1. The van der Waals surface area contributed by atoms with E-state index in [4.69, 9.17) is 9.47 Å². The number of halogens is 1. The third-order valence-electron chi connectivity index (χ3n) is 3.13. The summed E-state index contributed by atoms with van der Waals surface area (Å²) in [7, 11) is 1.72. The van der Waals surface area contributed by atoms with Crippen molar-refractivity contribution in [3.63, 3.8) is 0 Å². The molecule has 18 heavy (non-hydrogen) atoms. The van der Waals surface area contributed by atoms with E-state index in [1.54, 1.807) is 7.11 Å². The number of ether oxygens (including phenoxy) is 2.